The maximum atomic E-state index is 12.6. The quantitative estimate of drug-likeness (QED) is 0.921. The molecule has 0 aliphatic carbocycles. The molecule has 1 aliphatic rings. The molecule has 0 fully saturated rings. The molecule has 1 aromatic carbocycles. The minimum atomic E-state index is -4.56. The Labute approximate surface area is 122 Å². The second-order valence-corrected chi connectivity index (χ2v) is 6.77. The van der Waals surface area contributed by atoms with Gasteiger partial charge in [-0.2, -0.15) is 17.5 Å². The summed E-state index contributed by atoms with van der Waals surface area (Å²) < 4.78 is 63.2. The lowest BCUT2D eigenvalue weighted by molar-refractivity contribution is -0.135. The SMILES string of the molecule is CCN(CC(F)(F)F)S(=O)(=O)c1cccc2c1CCNC2. The number of rotatable bonds is 4. The topological polar surface area (TPSA) is 49.4 Å². The number of benzene rings is 1. The van der Waals surface area contributed by atoms with Crippen molar-refractivity contribution in [2.75, 3.05) is 19.6 Å². The van der Waals surface area contributed by atoms with Crippen molar-refractivity contribution in [1.82, 2.24) is 9.62 Å². The van der Waals surface area contributed by atoms with Gasteiger partial charge in [-0.3, -0.25) is 0 Å². The maximum absolute atomic E-state index is 12.6. The van der Waals surface area contributed by atoms with Crippen LogP contribution < -0.4 is 5.32 Å². The number of alkyl halides is 3. The van der Waals surface area contributed by atoms with Gasteiger partial charge in [-0.1, -0.05) is 19.1 Å². The lowest BCUT2D eigenvalue weighted by Gasteiger charge is -2.25. The van der Waals surface area contributed by atoms with Crippen molar-refractivity contribution >= 4 is 10.0 Å². The first-order chi connectivity index (χ1) is 9.75. The van der Waals surface area contributed by atoms with Gasteiger partial charge in [-0.05, 0) is 30.2 Å². The fourth-order valence-corrected chi connectivity index (χ4v) is 4.17. The van der Waals surface area contributed by atoms with Crippen LogP contribution >= 0.6 is 0 Å². The molecule has 1 aromatic rings. The monoisotopic (exact) mass is 322 g/mol. The molecule has 0 radical (unpaired) electrons. The highest BCUT2D eigenvalue weighted by Gasteiger charge is 2.37. The van der Waals surface area contributed by atoms with Gasteiger partial charge in [-0.15, -0.1) is 0 Å². The Kier molecular flexibility index (Phi) is 4.60. The Bertz CT molecular complexity index is 614. The molecule has 118 valence electrons. The Morgan fingerprint density at radius 1 is 1.33 bits per heavy atom. The lowest BCUT2D eigenvalue weighted by atomic mass is 10.0. The largest absolute Gasteiger partial charge is 0.402 e. The third-order valence-corrected chi connectivity index (χ3v) is 5.43. The molecule has 0 saturated heterocycles. The summed E-state index contributed by atoms with van der Waals surface area (Å²) in [4.78, 5) is -0.00685. The van der Waals surface area contributed by atoms with E-state index < -0.39 is 22.7 Å². The van der Waals surface area contributed by atoms with E-state index in [0.29, 0.717) is 29.4 Å². The molecule has 21 heavy (non-hydrogen) atoms. The fraction of sp³-hybridized carbons (Fsp3) is 0.538. The second-order valence-electron chi connectivity index (χ2n) is 4.87. The standard InChI is InChI=1S/C13H17F3N2O2S/c1-2-18(9-13(14,15)16)21(19,20)12-5-3-4-10-8-17-7-6-11(10)12/h3-5,17H,2,6-9H2,1H3. The Morgan fingerprint density at radius 2 is 2.05 bits per heavy atom. The van der Waals surface area contributed by atoms with E-state index in [1.807, 2.05) is 0 Å². The van der Waals surface area contributed by atoms with E-state index in [2.05, 4.69) is 5.32 Å². The highest BCUT2D eigenvalue weighted by Crippen LogP contribution is 2.27. The second kappa shape index (κ2) is 5.94. The zero-order valence-corrected chi connectivity index (χ0v) is 12.4. The van der Waals surface area contributed by atoms with Gasteiger partial charge in [0.1, 0.15) is 6.54 Å². The van der Waals surface area contributed by atoms with Gasteiger partial charge in [0.15, 0.2) is 0 Å². The van der Waals surface area contributed by atoms with E-state index in [-0.39, 0.29) is 11.4 Å². The van der Waals surface area contributed by atoms with E-state index >= 15 is 0 Å². The number of fused-ring (bicyclic) bond motifs is 1. The molecule has 2 rings (SSSR count). The van der Waals surface area contributed by atoms with Gasteiger partial charge in [0.25, 0.3) is 0 Å². The van der Waals surface area contributed by atoms with Gasteiger partial charge in [0, 0.05) is 13.1 Å². The van der Waals surface area contributed by atoms with Gasteiger partial charge >= 0.3 is 6.18 Å². The van der Waals surface area contributed by atoms with Crippen LogP contribution in [0.1, 0.15) is 18.1 Å². The number of hydrogen-bond acceptors (Lipinski definition) is 3. The third-order valence-electron chi connectivity index (χ3n) is 3.42. The molecule has 0 aromatic heterocycles. The lowest BCUT2D eigenvalue weighted by Crippen LogP contribution is -2.39. The smallest absolute Gasteiger partial charge is 0.312 e. The molecule has 1 aliphatic heterocycles. The van der Waals surface area contributed by atoms with E-state index in [0.717, 1.165) is 5.56 Å². The Morgan fingerprint density at radius 3 is 2.67 bits per heavy atom. The van der Waals surface area contributed by atoms with Crippen LogP contribution in [0.2, 0.25) is 0 Å². The minimum Gasteiger partial charge on any atom is -0.312 e. The number of nitrogens with zero attached hydrogens (tertiary/aromatic N) is 1. The van der Waals surface area contributed by atoms with Crippen LogP contribution in [-0.4, -0.2) is 38.5 Å². The van der Waals surface area contributed by atoms with Crippen molar-refractivity contribution in [3.8, 4) is 0 Å². The summed E-state index contributed by atoms with van der Waals surface area (Å²) in [7, 11) is -4.14. The molecule has 0 atom stereocenters. The first-order valence-electron chi connectivity index (χ1n) is 6.64. The highest BCUT2D eigenvalue weighted by atomic mass is 32.2. The number of halogens is 3. The van der Waals surface area contributed by atoms with Gasteiger partial charge in [-0.25, -0.2) is 8.42 Å². The summed E-state index contributed by atoms with van der Waals surface area (Å²) in [6, 6.07) is 4.75. The van der Waals surface area contributed by atoms with E-state index in [1.165, 1.54) is 13.0 Å². The molecule has 1 N–H and O–H groups in total. The first-order valence-corrected chi connectivity index (χ1v) is 8.08. The van der Waals surface area contributed by atoms with E-state index in [1.54, 1.807) is 12.1 Å². The zero-order chi connectivity index (χ0) is 15.7. The predicted molar refractivity (Wildman–Crippen MR) is 72.3 cm³/mol. The van der Waals surface area contributed by atoms with E-state index in [4.69, 9.17) is 0 Å². The summed E-state index contributed by atoms with van der Waals surface area (Å²) >= 11 is 0. The van der Waals surface area contributed by atoms with Crippen LogP contribution in [0.5, 0.6) is 0 Å². The van der Waals surface area contributed by atoms with Crippen molar-refractivity contribution in [2.24, 2.45) is 0 Å². The molecule has 4 nitrogen and oxygen atoms in total. The highest BCUT2D eigenvalue weighted by molar-refractivity contribution is 7.89. The van der Waals surface area contributed by atoms with Crippen molar-refractivity contribution in [3.63, 3.8) is 0 Å². The van der Waals surface area contributed by atoms with Crippen LogP contribution in [0.15, 0.2) is 23.1 Å². The molecular weight excluding hydrogens is 305 g/mol. The molecule has 1 heterocycles. The summed E-state index contributed by atoms with van der Waals surface area (Å²) in [6.45, 7) is 0.868. The molecular formula is C13H17F3N2O2S. The van der Waals surface area contributed by atoms with Crippen LogP contribution in [-0.2, 0) is 23.0 Å². The molecule has 0 bridgehead atoms. The van der Waals surface area contributed by atoms with Gasteiger partial charge in [0.2, 0.25) is 10.0 Å². The van der Waals surface area contributed by atoms with Gasteiger partial charge in [0.05, 0.1) is 4.90 Å². The molecule has 8 heteroatoms. The van der Waals surface area contributed by atoms with Gasteiger partial charge < -0.3 is 5.32 Å². The number of nitrogens with one attached hydrogen (secondary N) is 1. The van der Waals surface area contributed by atoms with Crippen LogP contribution in [0.25, 0.3) is 0 Å². The molecule has 0 amide bonds. The van der Waals surface area contributed by atoms with Crippen molar-refractivity contribution in [1.29, 1.82) is 0 Å². The molecule has 0 spiro atoms. The third kappa shape index (κ3) is 3.56. The summed E-state index contributed by atoms with van der Waals surface area (Å²) in [5, 5.41) is 3.11. The van der Waals surface area contributed by atoms with Crippen LogP contribution in [0, 0.1) is 0 Å². The van der Waals surface area contributed by atoms with Crippen molar-refractivity contribution in [2.45, 2.75) is 31.0 Å². The number of hydrogen-bond donors (Lipinski definition) is 1. The maximum Gasteiger partial charge on any atom is 0.402 e. The predicted octanol–water partition coefficient (Wildman–Crippen LogP) is 1.91. The van der Waals surface area contributed by atoms with E-state index in [9.17, 15) is 21.6 Å². The first kappa shape index (κ1) is 16.3. The zero-order valence-electron chi connectivity index (χ0n) is 11.6. The Hall–Kier alpha value is -1.12. The average molecular weight is 322 g/mol. The number of sulfonamides is 1. The fourth-order valence-electron chi connectivity index (χ4n) is 2.44. The summed E-state index contributed by atoms with van der Waals surface area (Å²) in [5.74, 6) is 0. The van der Waals surface area contributed by atoms with Crippen LogP contribution in [0.3, 0.4) is 0 Å². The Balaban J connectivity index is 2.43. The average Bonchev–Trinajstić information content (AvgIpc) is 2.43. The van der Waals surface area contributed by atoms with Crippen LogP contribution in [0.4, 0.5) is 13.2 Å². The normalized spacial score (nSPS) is 16.0. The molecule has 0 unspecified atom stereocenters. The summed E-state index contributed by atoms with van der Waals surface area (Å²) in [6.07, 6.45) is -4.06. The minimum absolute atomic E-state index is 0.00685. The van der Waals surface area contributed by atoms with Crippen molar-refractivity contribution in [3.05, 3.63) is 29.3 Å². The molecule has 0 saturated carbocycles. The van der Waals surface area contributed by atoms with Crippen molar-refractivity contribution < 1.29 is 21.6 Å². The summed E-state index contributed by atoms with van der Waals surface area (Å²) in [5.41, 5.74) is 1.45.